The van der Waals surface area contributed by atoms with Crippen molar-refractivity contribution >= 4 is 17.3 Å². The molecule has 1 saturated carbocycles. The first-order valence-electron chi connectivity index (χ1n) is 4.43. The van der Waals surface area contributed by atoms with Gasteiger partial charge in [-0.2, -0.15) is 0 Å². The lowest BCUT2D eigenvalue weighted by atomic mass is 10.3. The molecule has 1 aliphatic carbocycles. The van der Waals surface area contributed by atoms with Crippen molar-refractivity contribution in [2.24, 2.45) is 0 Å². The number of halogens is 1. The van der Waals surface area contributed by atoms with E-state index in [1.54, 1.807) is 0 Å². The highest BCUT2D eigenvalue weighted by atomic mass is 35.5. The molecule has 2 nitrogen and oxygen atoms in total. The monoisotopic (exact) mass is 197 g/mol. The van der Waals surface area contributed by atoms with Crippen LogP contribution in [-0.4, -0.2) is 13.2 Å². The second kappa shape index (κ2) is 3.46. The van der Waals surface area contributed by atoms with E-state index in [1.807, 2.05) is 25.2 Å². The second-order valence-corrected chi connectivity index (χ2v) is 3.62. The van der Waals surface area contributed by atoms with Crippen LogP contribution in [0.2, 0.25) is 5.02 Å². The van der Waals surface area contributed by atoms with Gasteiger partial charge in [-0.15, -0.1) is 0 Å². The Labute approximate surface area is 82.9 Å². The average Bonchev–Trinajstić information content (AvgIpc) is 2.89. The van der Waals surface area contributed by atoms with Crippen LogP contribution in [0.5, 0.6) is 5.75 Å². The zero-order chi connectivity index (χ0) is 9.26. The van der Waals surface area contributed by atoms with Crippen molar-refractivity contribution < 1.29 is 4.74 Å². The van der Waals surface area contributed by atoms with E-state index in [9.17, 15) is 0 Å². The zero-order valence-electron chi connectivity index (χ0n) is 7.51. The third-order valence-electron chi connectivity index (χ3n) is 2.04. The molecular weight excluding hydrogens is 186 g/mol. The van der Waals surface area contributed by atoms with Gasteiger partial charge in [0, 0.05) is 13.1 Å². The molecule has 1 fully saturated rings. The summed E-state index contributed by atoms with van der Waals surface area (Å²) >= 11 is 5.99. The third kappa shape index (κ3) is 2.07. The van der Waals surface area contributed by atoms with Crippen LogP contribution in [0.25, 0.3) is 0 Å². The minimum Gasteiger partial charge on any atom is -0.490 e. The Hall–Kier alpha value is -0.890. The molecule has 1 aliphatic rings. The van der Waals surface area contributed by atoms with E-state index in [0.717, 1.165) is 11.4 Å². The number of hydrogen-bond donors (Lipinski definition) is 1. The SMILES string of the molecule is CNc1ccc(OC2CC2)cc1Cl. The fraction of sp³-hybridized carbons (Fsp3) is 0.400. The van der Waals surface area contributed by atoms with Crippen LogP contribution in [0.1, 0.15) is 12.8 Å². The lowest BCUT2D eigenvalue weighted by Crippen LogP contribution is -1.96. The Kier molecular flexibility index (Phi) is 2.32. The van der Waals surface area contributed by atoms with Gasteiger partial charge in [-0.1, -0.05) is 11.6 Å². The van der Waals surface area contributed by atoms with E-state index < -0.39 is 0 Å². The van der Waals surface area contributed by atoms with Crippen molar-refractivity contribution in [3.63, 3.8) is 0 Å². The first kappa shape index (κ1) is 8.70. The van der Waals surface area contributed by atoms with E-state index >= 15 is 0 Å². The Balaban J connectivity index is 2.13. The van der Waals surface area contributed by atoms with Gasteiger partial charge >= 0.3 is 0 Å². The topological polar surface area (TPSA) is 21.3 Å². The summed E-state index contributed by atoms with van der Waals surface area (Å²) in [6.45, 7) is 0. The van der Waals surface area contributed by atoms with Gasteiger partial charge in [0.25, 0.3) is 0 Å². The molecule has 1 N–H and O–H groups in total. The lowest BCUT2D eigenvalue weighted by Gasteiger charge is -2.07. The van der Waals surface area contributed by atoms with Crippen molar-refractivity contribution in [3.05, 3.63) is 23.2 Å². The summed E-state index contributed by atoms with van der Waals surface area (Å²) in [7, 11) is 1.85. The molecule has 0 spiro atoms. The zero-order valence-corrected chi connectivity index (χ0v) is 8.27. The molecule has 0 aromatic heterocycles. The number of hydrogen-bond acceptors (Lipinski definition) is 2. The molecule has 70 valence electrons. The number of nitrogens with one attached hydrogen (secondary N) is 1. The molecule has 0 saturated heterocycles. The smallest absolute Gasteiger partial charge is 0.121 e. The minimum atomic E-state index is 0.427. The largest absolute Gasteiger partial charge is 0.490 e. The molecule has 13 heavy (non-hydrogen) atoms. The summed E-state index contributed by atoms with van der Waals surface area (Å²) in [5, 5.41) is 3.71. The highest BCUT2D eigenvalue weighted by Gasteiger charge is 2.23. The van der Waals surface area contributed by atoms with E-state index in [1.165, 1.54) is 12.8 Å². The average molecular weight is 198 g/mol. The predicted molar refractivity (Wildman–Crippen MR) is 54.6 cm³/mol. The normalized spacial score (nSPS) is 15.5. The van der Waals surface area contributed by atoms with Crippen molar-refractivity contribution in [1.29, 1.82) is 0 Å². The highest BCUT2D eigenvalue weighted by molar-refractivity contribution is 6.33. The number of benzene rings is 1. The minimum absolute atomic E-state index is 0.427. The number of ether oxygens (including phenoxy) is 1. The molecular formula is C10H12ClNO. The summed E-state index contributed by atoms with van der Waals surface area (Å²) in [5.41, 5.74) is 0.935. The molecule has 0 atom stereocenters. The maximum atomic E-state index is 5.99. The van der Waals surface area contributed by atoms with Gasteiger partial charge < -0.3 is 10.1 Å². The molecule has 0 amide bonds. The Bertz CT molecular complexity index is 310. The quantitative estimate of drug-likeness (QED) is 0.805. The molecule has 0 aliphatic heterocycles. The van der Waals surface area contributed by atoms with Crippen molar-refractivity contribution in [1.82, 2.24) is 0 Å². The van der Waals surface area contributed by atoms with Gasteiger partial charge in [0.2, 0.25) is 0 Å². The van der Waals surface area contributed by atoms with Crippen LogP contribution in [-0.2, 0) is 0 Å². The van der Waals surface area contributed by atoms with Crippen molar-refractivity contribution in [3.8, 4) is 5.75 Å². The standard InChI is InChI=1S/C10H12ClNO/c1-12-10-5-4-8(6-9(10)11)13-7-2-3-7/h4-7,12H,2-3H2,1H3. The molecule has 1 aromatic carbocycles. The summed E-state index contributed by atoms with van der Waals surface area (Å²) in [6.07, 6.45) is 2.77. The molecule has 0 heterocycles. The second-order valence-electron chi connectivity index (χ2n) is 3.21. The fourth-order valence-electron chi connectivity index (χ4n) is 1.15. The maximum absolute atomic E-state index is 5.99. The van der Waals surface area contributed by atoms with Crippen LogP contribution in [0.15, 0.2) is 18.2 Å². The third-order valence-corrected chi connectivity index (χ3v) is 2.35. The van der Waals surface area contributed by atoms with E-state index in [4.69, 9.17) is 16.3 Å². The highest BCUT2D eigenvalue weighted by Crippen LogP contribution is 2.31. The summed E-state index contributed by atoms with van der Waals surface area (Å²) in [5.74, 6) is 0.867. The molecule has 1 aromatic rings. The first-order valence-corrected chi connectivity index (χ1v) is 4.81. The Morgan fingerprint density at radius 3 is 2.77 bits per heavy atom. The van der Waals surface area contributed by atoms with Crippen molar-refractivity contribution in [2.75, 3.05) is 12.4 Å². The summed E-state index contributed by atoms with van der Waals surface area (Å²) in [6, 6.07) is 5.72. The molecule has 2 rings (SSSR count). The predicted octanol–water partition coefficient (Wildman–Crippen LogP) is 2.92. The van der Waals surface area contributed by atoms with Gasteiger partial charge in [-0.25, -0.2) is 0 Å². The number of anilines is 1. The maximum Gasteiger partial charge on any atom is 0.121 e. The lowest BCUT2D eigenvalue weighted by molar-refractivity contribution is 0.303. The van der Waals surface area contributed by atoms with Crippen LogP contribution >= 0.6 is 11.6 Å². The van der Waals surface area contributed by atoms with Gasteiger partial charge in [-0.05, 0) is 25.0 Å². The summed E-state index contributed by atoms with van der Waals surface area (Å²) in [4.78, 5) is 0. The van der Waals surface area contributed by atoms with Gasteiger partial charge in [0.15, 0.2) is 0 Å². The van der Waals surface area contributed by atoms with Gasteiger partial charge in [0.1, 0.15) is 5.75 Å². The van der Waals surface area contributed by atoms with Gasteiger partial charge in [-0.3, -0.25) is 0 Å². The van der Waals surface area contributed by atoms with Crippen LogP contribution in [0.3, 0.4) is 0 Å². The summed E-state index contributed by atoms with van der Waals surface area (Å²) < 4.78 is 5.59. The molecule has 0 bridgehead atoms. The van der Waals surface area contributed by atoms with Crippen LogP contribution in [0.4, 0.5) is 5.69 Å². The molecule has 0 unspecified atom stereocenters. The Morgan fingerprint density at radius 2 is 2.23 bits per heavy atom. The van der Waals surface area contributed by atoms with Gasteiger partial charge in [0.05, 0.1) is 16.8 Å². The Morgan fingerprint density at radius 1 is 1.46 bits per heavy atom. The van der Waals surface area contributed by atoms with E-state index in [0.29, 0.717) is 11.1 Å². The van der Waals surface area contributed by atoms with Crippen LogP contribution in [0, 0.1) is 0 Å². The fourth-order valence-corrected chi connectivity index (χ4v) is 1.42. The molecule has 3 heteroatoms. The van der Waals surface area contributed by atoms with Crippen molar-refractivity contribution in [2.45, 2.75) is 18.9 Å². The molecule has 0 radical (unpaired) electrons. The first-order chi connectivity index (χ1) is 6.29. The van der Waals surface area contributed by atoms with E-state index in [2.05, 4.69) is 5.32 Å². The van der Waals surface area contributed by atoms with Crippen LogP contribution < -0.4 is 10.1 Å². The van der Waals surface area contributed by atoms with E-state index in [-0.39, 0.29) is 0 Å². The number of rotatable bonds is 3.